The molecule has 1 atom stereocenters. The molecule has 3 aromatic rings. The molecule has 0 spiro atoms. The van der Waals surface area contributed by atoms with Gasteiger partial charge in [0.05, 0.1) is 11.6 Å². The van der Waals surface area contributed by atoms with Gasteiger partial charge in [-0.2, -0.15) is 23.0 Å². The molecule has 162 valence electrons. The van der Waals surface area contributed by atoms with Crippen molar-refractivity contribution in [3.8, 4) is 5.95 Å². The van der Waals surface area contributed by atoms with Crippen LogP contribution in [0.25, 0.3) is 5.95 Å². The fraction of sp³-hybridized carbons (Fsp3) is 0.381. The van der Waals surface area contributed by atoms with Gasteiger partial charge in [-0.15, -0.1) is 0 Å². The molecule has 31 heavy (non-hydrogen) atoms. The van der Waals surface area contributed by atoms with Crippen LogP contribution in [0.15, 0.2) is 43.0 Å². The maximum atomic E-state index is 13.4. The zero-order chi connectivity index (χ0) is 22.2. The van der Waals surface area contributed by atoms with Crippen LogP contribution in [0.4, 0.5) is 13.2 Å². The second-order valence-electron chi connectivity index (χ2n) is 7.74. The summed E-state index contributed by atoms with van der Waals surface area (Å²) in [6.45, 7) is 4.19. The summed E-state index contributed by atoms with van der Waals surface area (Å²) >= 11 is 5.71. The van der Waals surface area contributed by atoms with Crippen molar-refractivity contribution >= 4 is 17.2 Å². The van der Waals surface area contributed by atoms with Crippen LogP contribution in [0, 0.1) is 12.8 Å². The number of aromatic nitrogens is 5. The smallest absolute Gasteiger partial charge is 0.352 e. The van der Waals surface area contributed by atoms with Crippen LogP contribution in [0.1, 0.15) is 48.3 Å². The molecule has 0 unspecified atom stereocenters. The van der Waals surface area contributed by atoms with E-state index in [0.29, 0.717) is 40.4 Å². The Labute approximate surface area is 183 Å². The summed E-state index contributed by atoms with van der Waals surface area (Å²) in [6.07, 6.45) is 2.33. The van der Waals surface area contributed by atoms with E-state index in [1.807, 2.05) is 11.8 Å². The molecule has 1 aliphatic carbocycles. The highest BCUT2D eigenvalue weighted by Crippen LogP contribution is 2.35. The first-order chi connectivity index (χ1) is 14.7. The number of hydrogen-bond acceptors (Lipinski definition) is 5. The van der Waals surface area contributed by atoms with E-state index in [0.717, 1.165) is 25.0 Å². The number of alkyl halides is 3. The normalized spacial score (nSPS) is 15.0. The number of hydrogen-bond donors (Lipinski definition) is 0. The van der Waals surface area contributed by atoms with Gasteiger partial charge in [-0.1, -0.05) is 12.2 Å². The summed E-state index contributed by atoms with van der Waals surface area (Å²) in [6, 6.07) is 5.30. The van der Waals surface area contributed by atoms with Crippen molar-refractivity contribution in [2.75, 3.05) is 6.54 Å². The lowest BCUT2D eigenvalue weighted by atomic mass is 10.0. The van der Waals surface area contributed by atoms with E-state index in [-0.39, 0.29) is 6.04 Å². The average molecular weight is 447 g/mol. The first-order valence-electron chi connectivity index (χ1n) is 9.91. The van der Waals surface area contributed by atoms with Gasteiger partial charge in [0.1, 0.15) is 11.3 Å². The molecular weight excluding hydrogens is 425 g/mol. The van der Waals surface area contributed by atoms with Crippen molar-refractivity contribution < 1.29 is 13.2 Å². The second-order valence-corrected chi connectivity index (χ2v) is 8.13. The van der Waals surface area contributed by atoms with Gasteiger partial charge in [0.2, 0.25) is 0 Å². The molecule has 2 aromatic heterocycles. The first-order valence-corrected chi connectivity index (χ1v) is 10.3. The fourth-order valence-electron chi connectivity index (χ4n) is 3.46. The Hall–Kier alpha value is -2.88. The van der Waals surface area contributed by atoms with Crippen LogP contribution in [0.5, 0.6) is 0 Å². The molecule has 2 heterocycles. The molecule has 0 saturated heterocycles. The summed E-state index contributed by atoms with van der Waals surface area (Å²) in [5, 5.41) is 4.24. The Bertz CT molecular complexity index is 1080. The number of nitrogens with zero attached hydrogens (tertiary/aromatic N) is 6. The molecule has 0 N–H and O–H groups in total. The number of rotatable bonds is 6. The van der Waals surface area contributed by atoms with Crippen LogP contribution in [0.3, 0.4) is 0 Å². The largest absolute Gasteiger partial charge is 0.416 e. The van der Waals surface area contributed by atoms with Crippen molar-refractivity contribution in [2.24, 2.45) is 5.92 Å². The quantitative estimate of drug-likeness (QED) is 0.519. The summed E-state index contributed by atoms with van der Waals surface area (Å²) in [7, 11) is 0. The Morgan fingerprint density at radius 1 is 1.19 bits per heavy atom. The Morgan fingerprint density at radius 2 is 1.90 bits per heavy atom. The van der Waals surface area contributed by atoms with Gasteiger partial charge in [-0.3, -0.25) is 0 Å². The molecule has 6 nitrogen and oxygen atoms in total. The minimum Gasteiger partial charge on any atom is -0.352 e. The van der Waals surface area contributed by atoms with E-state index >= 15 is 0 Å². The van der Waals surface area contributed by atoms with E-state index in [4.69, 9.17) is 12.2 Å². The van der Waals surface area contributed by atoms with Crippen molar-refractivity contribution in [2.45, 2.75) is 38.9 Å². The third-order valence-electron chi connectivity index (χ3n) is 5.22. The molecule has 1 aromatic carbocycles. The highest BCUT2D eigenvalue weighted by atomic mass is 32.1. The monoisotopic (exact) mass is 446 g/mol. The molecule has 4 rings (SSSR count). The number of thiocarbonyl (C=S) groups is 1. The zero-order valence-corrected chi connectivity index (χ0v) is 17.9. The molecule has 1 fully saturated rings. The average Bonchev–Trinajstić information content (AvgIpc) is 3.43. The van der Waals surface area contributed by atoms with E-state index in [9.17, 15) is 13.2 Å². The molecule has 0 radical (unpaired) electrons. The van der Waals surface area contributed by atoms with Crippen molar-refractivity contribution in [3.63, 3.8) is 0 Å². The van der Waals surface area contributed by atoms with Crippen LogP contribution < -0.4 is 0 Å². The third-order valence-corrected chi connectivity index (χ3v) is 5.69. The van der Waals surface area contributed by atoms with Crippen molar-refractivity contribution in [1.82, 2.24) is 29.6 Å². The Morgan fingerprint density at radius 3 is 2.55 bits per heavy atom. The summed E-state index contributed by atoms with van der Waals surface area (Å²) in [5.74, 6) is 1.39. The highest BCUT2D eigenvalue weighted by molar-refractivity contribution is 7.80. The molecule has 1 saturated carbocycles. The van der Waals surface area contributed by atoms with Crippen molar-refractivity contribution in [1.29, 1.82) is 0 Å². The zero-order valence-electron chi connectivity index (χ0n) is 17.0. The van der Waals surface area contributed by atoms with Gasteiger partial charge in [-0.25, -0.2) is 15.0 Å². The van der Waals surface area contributed by atoms with Crippen LogP contribution >= 0.6 is 12.2 Å². The van der Waals surface area contributed by atoms with E-state index in [2.05, 4.69) is 20.1 Å². The van der Waals surface area contributed by atoms with Gasteiger partial charge in [0.15, 0.2) is 5.82 Å². The van der Waals surface area contributed by atoms with Crippen LogP contribution in [-0.2, 0) is 6.18 Å². The maximum absolute atomic E-state index is 13.4. The van der Waals surface area contributed by atoms with Gasteiger partial charge in [-0.05, 0) is 62.4 Å². The second kappa shape index (κ2) is 8.33. The van der Waals surface area contributed by atoms with E-state index in [1.54, 1.807) is 31.5 Å². The van der Waals surface area contributed by atoms with Gasteiger partial charge in [0.25, 0.3) is 5.95 Å². The fourth-order valence-corrected chi connectivity index (χ4v) is 3.81. The standard InChI is InChI=1S/C21H21F3N6S/c1-13-8-16(10-17(9-13)21(22,23)24)19(31)29(11-15-4-5-15)14(2)18-27-12-28-30(18)20-25-6-3-7-26-20/h3,6-10,12,14-15H,4-5,11H2,1-2H3/t14-/m0/s1. The topological polar surface area (TPSA) is 59.7 Å². The maximum Gasteiger partial charge on any atom is 0.416 e. The Kier molecular flexibility index (Phi) is 5.74. The predicted octanol–water partition coefficient (Wildman–Crippen LogP) is 4.53. The minimum atomic E-state index is -4.44. The highest BCUT2D eigenvalue weighted by Gasteiger charge is 2.34. The lowest BCUT2D eigenvalue weighted by Gasteiger charge is -2.31. The SMILES string of the molecule is Cc1cc(C(=S)N(CC2CC2)[C@@H](C)c2ncnn2-c2ncccn2)cc(C(F)(F)F)c1. The van der Waals surface area contributed by atoms with Crippen molar-refractivity contribution in [3.05, 3.63) is 65.5 Å². The van der Waals surface area contributed by atoms with Crippen LogP contribution in [-0.4, -0.2) is 41.2 Å². The number of halogens is 3. The summed E-state index contributed by atoms with van der Waals surface area (Å²) < 4.78 is 41.6. The minimum absolute atomic E-state index is 0.339. The van der Waals surface area contributed by atoms with Crippen LogP contribution in [0.2, 0.25) is 0 Å². The summed E-state index contributed by atoms with van der Waals surface area (Å²) in [5.41, 5.74) is 0.175. The summed E-state index contributed by atoms with van der Waals surface area (Å²) in [4.78, 5) is 15.1. The lowest BCUT2D eigenvalue weighted by molar-refractivity contribution is -0.137. The van der Waals surface area contributed by atoms with Gasteiger partial charge >= 0.3 is 6.18 Å². The molecule has 0 bridgehead atoms. The molecule has 10 heteroatoms. The third kappa shape index (κ3) is 4.73. The number of benzene rings is 1. The Balaban J connectivity index is 1.70. The predicted molar refractivity (Wildman–Crippen MR) is 113 cm³/mol. The van der Waals surface area contributed by atoms with Gasteiger partial charge in [0, 0.05) is 24.5 Å². The molecular formula is C21H21F3N6S. The molecule has 0 amide bonds. The number of aryl methyl sites for hydroxylation is 1. The molecule has 0 aliphatic heterocycles. The van der Waals surface area contributed by atoms with E-state index < -0.39 is 11.7 Å². The van der Waals surface area contributed by atoms with E-state index in [1.165, 1.54) is 11.0 Å². The molecule has 1 aliphatic rings. The van der Waals surface area contributed by atoms with Gasteiger partial charge < -0.3 is 4.90 Å². The first kappa shape index (κ1) is 21.4. The lowest BCUT2D eigenvalue weighted by Crippen LogP contribution is -2.36.